The Hall–Kier alpha value is -1.67. The molecule has 0 unspecified atom stereocenters. The number of hydrogen-bond donors (Lipinski definition) is 0. The van der Waals surface area contributed by atoms with Crippen molar-refractivity contribution in [1.29, 1.82) is 0 Å². The molecule has 0 aromatic carbocycles. The first-order valence-electron chi connectivity index (χ1n) is 6.92. The summed E-state index contributed by atoms with van der Waals surface area (Å²) in [7, 11) is 1.56. The lowest BCUT2D eigenvalue weighted by Gasteiger charge is -2.34. The fourth-order valence-corrected chi connectivity index (χ4v) is 2.36. The van der Waals surface area contributed by atoms with Crippen molar-refractivity contribution in [3.05, 3.63) is 29.6 Å². The summed E-state index contributed by atoms with van der Waals surface area (Å²) < 4.78 is 43.7. The van der Waals surface area contributed by atoms with Crippen molar-refractivity contribution in [2.24, 2.45) is 0 Å². The highest BCUT2D eigenvalue weighted by Gasteiger charge is 2.34. The second-order valence-electron chi connectivity index (χ2n) is 5.08. The molecule has 22 heavy (non-hydrogen) atoms. The summed E-state index contributed by atoms with van der Waals surface area (Å²) in [6, 6.07) is 2.28. The van der Waals surface area contributed by atoms with Gasteiger partial charge < -0.3 is 9.64 Å². The van der Waals surface area contributed by atoms with E-state index < -0.39 is 11.7 Å². The van der Waals surface area contributed by atoms with Gasteiger partial charge in [-0.2, -0.15) is 13.2 Å². The standard InChI is InChI=1S/C14H18F3N3O2/c1-22-8-7-20-6-5-19(10-13(20)21)9-12-11(14(15,16)17)3-2-4-18-12/h2-4H,5-10H2,1H3. The molecule has 0 bridgehead atoms. The molecule has 8 heteroatoms. The third-order valence-corrected chi connectivity index (χ3v) is 3.53. The summed E-state index contributed by atoms with van der Waals surface area (Å²) in [4.78, 5) is 19.1. The van der Waals surface area contributed by atoms with Gasteiger partial charge in [-0.15, -0.1) is 0 Å². The zero-order valence-corrected chi connectivity index (χ0v) is 12.3. The van der Waals surface area contributed by atoms with Gasteiger partial charge in [-0.25, -0.2) is 0 Å². The molecule has 1 amide bonds. The van der Waals surface area contributed by atoms with E-state index in [1.165, 1.54) is 12.3 Å². The van der Waals surface area contributed by atoms with Gasteiger partial charge in [0.15, 0.2) is 0 Å². The van der Waals surface area contributed by atoms with E-state index in [9.17, 15) is 18.0 Å². The number of halogens is 3. The van der Waals surface area contributed by atoms with E-state index >= 15 is 0 Å². The van der Waals surface area contributed by atoms with Crippen molar-refractivity contribution in [2.45, 2.75) is 12.7 Å². The molecule has 0 atom stereocenters. The van der Waals surface area contributed by atoms with Crippen LogP contribution in [0.15, 0.2) is 18.3 Å². The molecule has 0 spiro atoms. The van der Waals surface area contributed by atoms with Crippen molar-refractivity contribution in [3.63, 3.8) is 0 Å². The second-order valence-corrected chi connectivity index (χ2v) is 5.08. The Kier molecular flexibility index (Phi) is 5.36. The largest absolute Gasteiger partial charge is 0.418 e. The summed E-state index contributed by atoms with van der Waals surface area (Å²) in [5, 5.41) is 0. The number of piperazine rings is 1. The molecule has 1 aliphatic rings. The lowest BCUT2D eigenvalue weighted by atomic mass is 10.1. The van der Waals surface area contributed by atoms with Gasteiger partial charge >= 0.3 is 6.18 Å². The van der Waals surface area contributed by atoms with E-state index in [4.69, 9.17) is 4.74 Å². The number of rotatable bonds is 5. The maximum absolute atomic E-state index is 12.9. The number of carbonyl (C=O) groups is 1. The lowest BCUT2D eigenvalue weighted by Crippen LogP contribution is -2.50. The SMILES string of the molecule is COCCN1CCN(Cc2ncccc2C(F)(F)F)CC1=O. The van der Waals surface area contributed by atoms with Gasteiger partial charge in [0.1, 0.15) is 0 Å². The molecule has 1 aromatic rings. The highest BCUT2D eigenvalue weighted by atomic mass is 19.4. The van der Waals surface area contributed by atoms with Crippen molar-refractivity contribution in [2.75, 3.05) is 39.9 Å². The molecule has 1 aliphatic heterocycles. The van der Waals surface area contributed by atoms with Crippen LogP contribution in [0.25, 0.3) is 0 Å². The van der Waals surface area contributed by atoms with Crippen molar-refractivity contribution >= 4 is 5.91 Å². The summed E-state index contributed by atoms with van der Waals surface area (Å²) in [6.45, 7) is 2.06. The molecule has 1 saturated heterocycles. The summed E-state index contributed by atoms with van der Waals surface area (Å²) in [5.41, 5.74) is -0.794. The number of nitrogens with zero attached hydrogens (tertiary/aromatic N) is 3. The average Bonchev–Trinajstić information content (AvgIpc) is 2.46. The van der Waals surface area contributed by atoms with Crippen molar-refractivity contribution in [3.8, 4) is 0 Å². The average molecular weight is 317 g/mol. The summed E-state index contributed by atoms with van der Waals surface area (Å²) >= 11 is 0. The van der Waals surface area contributed by atoms with Gasteiger partial charge in [0.2, 0.25) is 5.91 Å². The lowest BCUT2D eigenvalue weighted by molar-refractivity contribution is -0.139. The minimum absolute atomic E-state index is 0.0134. The topological polar surface area (TPSA) is 45.7 Å². The third-order valence-electron chi connectivity index (χ3n) is 3.53. The van der Waals surface area contributed by atoms with Crippen LogP contribution in [0.1, 0.15) is 11.3 Å². The molecule has 0 radical (unpaired) electrons. The van der Waals surface area contributed by atoms with Crippen LogP contribution in [0.3, 0.4) is 0 Å². The number of ether oxygens (including phenoxy) is 1. The van der Waals surface area contributed by atoms with Gasteiger partial charge in [-0.05, 0) is 12.1 Å². The Bertz CT molecular complexity index is 522. The molecular formula is C14H18F3N3O2. The Morgan fingerprint density at radius 1 is 1.36 bits per heavy atom. The molecule has 0 aliphatic carbocycles. The van der Waals surface area contributed by atoms with Crippen LogP contribution >= 0.6 is 0 Å². The molecule has 2 rings (SSSR count). The van der Waals surface area contributed by atoms with Crippen LogP contribution in [-0.4, -0.2) is 60.6 Å². The molecule has 0 saturated carbocycles. The van der Waals surface area contributed by atoms with E-state index in [2.05, 4.69) is 4.98 Å². The van der Waals surface area contributed by atoms with Gasteiger partial charge in [0, 0.05) is 39.5 Å². The second kappa shape index (κ2) is 7.06. The van der Waals surface area contributed by atoms with Crippen LogP contribution in [0.4, 0.5) is 13.2 Å². The first-order chi connectivity index (χ1) is 10.4. The molecule has 2 heterocycles. The van der Waals surface area contributed by atoms with Gasteiger partial charge in [0.25, 0.3) is 0 Å². The van der Waals surface area contributed by atoms with Gasteiger partial charge in [-0.1, -0.05) is 0 Å². The number of hydrogen-bond acceptors (Lipinski definition) is 4. The van der Waals surface area contributed by atoms with Crippen LogP contribution in [0.2, 0.25) is 0 Å². The fraction of sp³-hybridized carbons (Fsp3) is 0.571. The fourth-order valence-electron chi connectivity index (χ4n) is 2.36. The van der Waals surface area contributed by atoms with Gasteiger partial charge in [0.05, 0.1) is 24.4 Å². The zero-order chi connectivity index (χ0) is 16.2. The van der Waals surface area contributed by atoms with E-state index in [0.717, 1.165) is 6.07 Å². The van der Waals surface area contributed by atoms with Gasteiger partial charge in [-0.3, -0.25) is 14.7 Å². The Morgan fingerprint density at radius 3 is 2.77 bits per heavy atom. The third kappa shape index (κ3) is 4.17. The Balaban J connectivity index is 2.00. The number of aromatic nitrogens is 1. The van der Waals surface area contributed by atoms with Crippen LogP contribution in [0, 0.1) is 0 Å². The van der Waals surface area contributed by atoms with E-state index in [1.807, 2.05) is 0 Å². The van der Waals surface area contributed by atoms with Crippen molar-refractivity contribution < 1.29 is 22.7 Å². The molecular weight excluding hydrogens is 299 g/mol. The minimum Gasteiger partial charge on any atom is -0.383 e. The van der Waals surface area contributed by atoms with E-state index in [1.54, 1.807) is 16.9 Å². The number of carbonyl (C=O) groups excluding carboxylic acids is 1. The predicted molar refractivity (Wildman–Crippen MR) is 73.0 cm³/mol. The summed E-state index contributed by atoms with van der Waals surface area (Å²) in [5.74, 6) is -0.104. The minimum atomic E-state index is -4.44. The van der Waals surface area contributed by atoms with E-state index in [0.29, 0.717) is 26.2 Å². The maximum atomic E-state index is 12.9. The maximum Gasteiger partial charge on any atom is 0.418 e. The number of pyridine rings is 1. The predicted octanol–water partition coefficient (Wildman–Crippen LogP) is 1.39. The number of alkyl halides is 3. The zero-order valence-electron chi connectivity index (χ0n) is 12.3. The highest BCUT2D eigenvalue weighted by molar-refractivity contribution is 5.79. The van der Waals surface area contributed by atoms with E-state index in [-0.39, 0.29) is 24.7 Å². The highest BCUT2D eigenvalue weighted by Crippen LogP contribution is 2.31. The molecule has 1 fully saturated rings. The molecule has 122 valence electrons. The van der Waals surface area contributed by atoms with Crippen LogP contribution < -0.4 is 0 Å². The monoisotopic (exact) mass is 317 g/mol. The number of methoxy groups -OCH3 is 1. The van der Waals surface area contributed by atoms with Crippen LogP contribution in [0.5, 0.6) is 0 Å². The number of amides is 1. The Morgan fingerprint density at radius 2 is 2.14 bits per heavy atom. The molecule has 0 N–H and O–H groups in total. The van der Waals surface area contributed by atoms with Crippen LogP contribution in [-0.2, 0) is 22.3 Å². The molecule has 1 aromatic heterocycles. The summed E-state index contributed by atoms with van der Waals surface area (Å²) in [6.07, 6.45) is -3.10. The van der Waals surface area contributed by atoms with Crippen molar-refractivity contribution in [1.82, 2.24) is 14.8 Å². The normalized spacial score (nSPS) is 17.1. The smallest absolute Gasteiger partial charge is 0.383 e. The first kappa shape index (κ1) is 16.7. The quantitative estimate of drug-likeness (QED) is 0.823. The first-order valence-corrected chi connectivity index (χ1v) is 6.92. The molecule has 5 nitrogen and oxygen atoms in total. The Labute approximate surface area is 126 Å².